The van der Waals surface area contributed by atoms with E-state index in [0.717, 1.165) is 18.9 Å². The molecule has 1 aliphatic rings. The van der Waals surface area contributed by atoms with Crippen molar-refractivity contribution in [2.45, 2.75) is 6.42 Å². The fraction of sp³-hybridized carbons (Fsp3) is 0.353. The van der Waals surface area contributed by atoms with Crippen molar-refractivity contribution in [1.29, 1.82) is 0 Å². The van der Waals surface area contributed by atoms with Gasteiger partial charge in [0.25, 0.3) is 4.96 Å². The van der Waals surface area contributed by atoms with E-state index in [0.29, 0.717) is 24.6 Å². The SMILES string of the molecule is O=C(CCNc1nc2sccn2c1[N+](=O)[O-])N1CCN(c2ccccn2)CC1. The summed E-state index contributed by atoms with van der Waals surface area (Å²) in [7, 11) is 0. The Morgan fingerprint density at radius 1 is 1.29 bits per heavy atom. The Kier molecular flexibility index (Phi) is 5.06. The van der Waals surface area contributed by atoms with Gasteiger partial charge in [-0.2, -0.15) is 9.38 Å². The van der Waals surface area contributed by atoms with Crippen LogP contribution in [0.4, 0.5) is 17.5 Å². The first-order valence-corrected chi connectivity index (χ1v) is 9.79. The number of hydrogen-bond donors (Lipinski definition) is 1. The molecule has 1 aliphatic heterocycles. The van der Waals surface area contributed by atoms with E-state index in [1.807, 2.05) is 23.1 Å². The van der Waals surface area contributed by atoms with E-state index in [1.54, 1.807) is 17.8 Å². The molecular weight excluding hydrogens is 382 g/mol. The van der Waals surface area contributed by atoms with Crippen LogP contribution in [0.1, 0.15) is 6.42 Å². The van der Waals surface area contributed by atoms with Crippen molar-refractivity contribution >= 4 is 39.7 Å². The number of nitrogens with one attached hydrogen (secondary N) is 1. The van der Waals surface area contributed by atoms with Crippen LogP contribution in [0, 0.1) is 10.1 Å². The van der Waals surface area contributed by atoms with E-state index in [9.17, 15) is 14.9 Å². The molecule has 0 radical (unpaired) electrons. The van der Waals surface area contributed by atoms with Crippen LogP contribution in [0.2, 0.25) is 0 Å². The fourth-order valence-corrected chi connectivity index (χ4v) is 3.95. The summed E-state index contributed by atoms with van der Waals surface area (Å²) in [6.07, 6.45) is 3.63. The Morgan fingerprint density at radius 3 is 2.82 bits per heavy atom. The highest BCUT2D eigenvalue weighted by Crippen LogP contribution is 2.27. The molecule has 3 aromatic rings. The lowest BCUT2D eigenvalue weighted by molar-refractivity contribution is -0.389. The van der Waals surface area contributed by atoms with Crippen LogP contribution in [0.5, 0.6) is 0 Å². The second-order valence-electron chi connectivity index (χ2n) is 6.33. The van der Waals surface area contributed by atoms with Crippen molar-refractivity contribution in [2.75, 3.05) is 42.9 Å². The van der Waals surface area contributed by atoms with Crippen molar-refractivity contribution in [3.05, 3.63) is 46.1 Å². The summed E-state index contributed by atoms with van der Waals surface area (Å²) in [5, 5.41) is 16.0. The highest BCUT2D eigenvalue weighted by molar-refractivity contribution is 7.15. The van der Waals surface area contributed by atoms with Crippen LogP contribution in [0.15, 0.2) is 36.0 Å². The van der Waals surface area contributed by atoms with Gasteiger partial charge in [-0.25, -0.2) is 4.98 Å². The smallest absolute Gasteiger partial charge is 0.362 e. The summed E-state index contributed by atoms with van der Waals surface area (Å²) in [6.45, 7) is 3.04. The number of aromatic nitrogens is 3. The molecule has 1 N–H and O–H groups in total. The molecule has 0 atom stereocenters. The van der Waals surface area contributed by atoms with Crippen LogP contribution in [0.25, 0.3) is 4.96 Å². The van der Waals surface area contributed by atoms with Crippen LogP contribution in [0.3, 0.4) is 0 Å². The first-order chi connectivity index (χ1) is 13.6. The summed E-state index contributed by atoms with van der Waals surface area (Å²) in [5.41, 5.74) is 0. The predicted octanol–water partition coefficient (Wildman–Crippen LogP) is 1.85. The van der Waals surface area contributed by atoms with Gasteiger partial charge in [0.2, 0.25) is 11.7 Å². The van der Waals surface area contributed by atoms with Crippen molar-refractivity contribution in [3.63, 3.8) is 0 Å². The number of hydrogen-bond acceptors (Lipinski definition) is 8. The Labute approximate surface area is 164 Å². The minimum absolute atomic E-state index is 0.0249. The molecule has 10 nitrogen and oxygen atoms in total. The third-order valence-electron chi connectivity index (χ3n) is 4.65. The average Bonchev–Trinajstić information content (AvgIpc) is 3.29. The maximum atomic E-state index is 12.5. The molecule has 0 aromatic carbocycles. The molecule has 146 valence electrons. The molecule has 0 saturated carbocycles. The molecule has 0 aliphatic carbocycles. The summed E-state index contributed by atoms with van der Waals surface area (Å²) >= 11 is 1.32. The van der Waals surface area contributed by atoms with Gasteiger partial charge >= 0.3 is 5.82 Å². The number of carbonyl (C=O) groups excluding carboxylic acids is 1. The standard InChI is InChI=1S/C17H19N7O3S/c25-14(22-9-7-21(8-10-22)13-3-1-2-5-18-13)4-6-19-15-16(24(26)27)23-11-12-28-17(23)20-15/h1-3,5,11-12,19H,4,6-10H2. The second-order valence-corrected chi connectivity index (χ2v) is 7.20. The van der Waals surface area contributed by atoms with Crippen molar-refractivity contribution in [1.82, 2.24) is 19.3 Å². The number of carbonyl (C=O) groups is 1. The number of imidazole rings is 1. The van der Waals surface area contributed by atoms with E-state index in [-0.39, 0.29) is 24.0 Å². The van der Waals surface area contributed by atoms with Crippen LogP contribution >= 0.6 is 11.3 Å². The molecule has 1 fully saturated rings. The minimum atomic E-state index is -0.465. The number of rotatable bonds is 6. The number of pyridine rings is 1. The van der Waals surface area contributed by atoms with E-state index >= 15 is 0 Å². The van der Waals surface area contributed by atoms with Gasteiger partial charge in [0.05, 0.1) is 0 Å². The molecule has 0 spiro atoms. The normalized spacial score (nSPS) is 14.4. The number of thiazole rings is 1. The van der Waals surface area contributed by atoms with E-state index in [2.05, 4.69) is 20.2 Å². The van der Waals surface area contributed by atoms with Crippen molar-refractivity contribution in [3.8, 4) is 0 Å². The molecule has 1 amide bonds. The van der Waals surface area contributed by atoms with Crippen LogP contribution in [-0.2, 0) is 4.79 Å². The second kappa shape index (κ2) is 7.80. The fourth-order valence-electron chi connectivity index (χ4n) is 3.24. The van der Waals surface area contributed by atoms with Gasteiger partial charge in [0.15, 0.2) is 0 Å². The molecule has 0 unspecified atom stereocenters. The van der Waals surface area contributed by atoms with E-state index < -0.39 is 4.92 Å². The summed E-state index contributed by atoms with van der Waals surface area (Å²) in [6, 6.07) is 5.79. The topological polar surface area (TPSA) is 109 Å². The maximum Gasteiger partial charge on any atom is 0.372 e. The predicted molar refractivity (Wildman–Crippen MR) is 106 cm³/mol. The molecule has 28 heavy (non-hydrogen) atoms. The van der Waals surface area contributed by atoms with Gasteiger partial charge < -0.3 is 25.2 Å². The lowest BCUT2D eigenvalue weighted by Crippen LogP contribution is -2.49. The Bertz CT molecular complexity index is 979. The quantitative estimate of drug-likeness (QED) is 0.496. The van der Waals surface area contributed by atoms with Gasteiger partial charge in [-0.15, -0.1) is 0 Å². The zero-order chi connectivity index (χ0) is 19.5. The van der Waals surface area contributed by atoms with Crippen molar-refractivity contribution in [2.24, 2.45) is 0 Å². The third-order valence-corrected chi connectivity index (χ3v) is 5.40. The lowest BCUT2D eigenvalue weighted by Gasteiger charge is -2.35. The zero-order valence-electron chi connectivity index (χ0n) is 15.0. The average molecular weight is 401 g/mol. The van der Waals surface area contributed by atoms with Gasteiger partial charge in [0.1, 0.15) is 12.0 Å². The van der Waals surface area contributed by atoms with Gasteiger partial charge in [-0.3, -0.25) is 4.79 Å². The van der Waals surface area contributed by atoms with Crippen LogP contribution in [-0.4, -0.2) is 62.8 Å². The molecule has 4 rings (SSSR count). The van der Waals surface area contributed by atoms with Gasteiger partial charge in [-0.1, -0.05) is 17.4 Å². The Hall–Kier alpha value is -3.21. The third kappa shape index (κ3) is 3.60. The van der Waals surface area contributed by atoms with E-state index in [1.165, 1.54) is 15.7 Å². The largest absolute Gasteiger partial charge is 0.372 e. The number of amides is 1. The number of nitro groups is 1. The van der Waals surface area contributed by atoms with Gasteiger partial charge in [0, 0.05) is 50.7 Å². The Morgan fingerprint density at radius 2 is 2.11 bits per heavy atom. The number of nitrogens with zero attached hydrogens (tertiary/aromatic N) is 6. The first kappa shape index (κ1) is 18.2. The summed E-state index contributed by atoms with van der Waals surface area (Å²) < 4.78 is 1.44. The molecule has 11 heteroatoms. The molecule has 4 heterocycles. The molecule has 0 bridgehead atoms. The molecular formula is C17H19N7O3S. The lowest BCUT2D eigenvalue weighted by atomic mass is 10.2. The summed E-state index contributed by atoms with van der Waals surface area (Å²) in [4.78, 5) is 36.4. The van der Waals surface area contributed by atoms with Gasteiger partial charge in [-0.05, 0) is 17.1 Å². The zero-order valence-corrected chi connectivity index (χ0v) is 15.8. The molecule has 3 aromatic heterocycles. The number of piperazine rings is 1. The van der Waals surface area contributed by atoms with Crippen molar-refractivity contribution < 1.29 is 9.72 Å². The monoisotopic (exact) mass is 401 g/mol. The first-order valence-electron chi connectivity index (χ1n) is 8.91. The highest BCUT2D eigenvalue weighted by Gasteiger charge is 2.25. The Balaban J connectivity index is 1.29. The summed E-state index contributed by atoms with van der Waals surface area (Å²) in [5.74, 6) is 1.04. The van der Waals surface area contributed by atoms with E-state index in [4.69, 9.17) is 0 Å². The maximum absolute atomic E-state index is 12.5. The number of fused-ring (bicyclic) bond motifs is 1. The minimum Gasteiger partial charge on any atom is -0.362 e. The number of anilines is 2. The van der Waals surface area contributed by atoms with Crippen LogP contribution < -0.4 is 10.2 Å². The highest BCUT2D eigenvalue weighted by atomic mass is 32.1. The molecule has 1 saturated heterocycles.